The summed E-state index contributed by atoms with van der Waals surface area (Å²) in [6, 6.07) is 14.5. The zero-order valence-corrected chi connectivity index (χ0v) is 15.2. The summed E-state index contributed by atoms with van der Waals surface area (Å²) in [5.41, 5.74) is 2.97. The van der Waals surface area contributed by atoms with Gasteiger partial charge in [-0.2, -0.15) is 0 Å². The van der Waals surface area contributed by atoms with Gasteiger partial charge in [-0.3, -0.25) is 0 Å². The lowest BCUT2D eigenvalue weighted by Gasteiger charge is -2.37. The third kappa shape index (κ3) is 4.65. The zero-order valence-electron chi connectivity index (χ0n) is 15.2. The Bertz CT molecular complexity index is 722. The Morgan fingerprint density at radius 2 is 1.35 bits per heavy atom. The van der Waals surface area contributed by atoms with Crippen LogP contribution in [0.15, 0.2) is 48.5 Å². The lowest BCUT2D eigenvalue weighted by atomic mass is 10.2. The van der Waals surface area contributed by atoms with Crippen LogP contribution in [0.1, 0.15) is 13.8 Å². The lowest BCUT2D eigenvalue weighted by Crippen LogP contribution is -2.46. The number of benzene rings is 2. The van der Waals surface area contributed by atoms with Crippen LogP contribution in [-0.2, 0) is 0 Å². The predicted molar refractivity (Wildman–Crippen MR) is 105 cm³/mol. The van der Waals surface area contributed by atoms with Gasteiger partial charge < -0.3 is 20.4 Å². The van der Waals surface area contributed by atoms with Crippen LogP contribution in [0.3, 0.4) is 0 Å². The van der Waals surface area contributed by atoms with E-state index in [9.17, 15) is 9.18 Å². The number of carbonyl (C=O) groups excluding carboxylic acids is 1. The molecule has 1 aliphatic rings. The number of amides is 2. The summed E-state index contributed by atoms with van der Waals surface area (Å²) in [6.07, 6.45) is 0. The maximum absolute atomic E-state index is 13.1. The van der Waals surface area contributed by atoms with Crippen LogP contribution >= 0.6 is 0 Å². The minimum Gasteiger partial charge on any atom is -0.368 e. The molecule has 2 aromatic carbocycles. The van der Waals surface area contributed by atoms with E-state index in [4.69, 9.17) is 0 Å². The molecule has 1 saturated heterocycles. The van der Waals surface area contributed by atoms with Gasteiger partial charge in [-0.15, -0.1) is 0 Å². The van der Waals surface area contributed by atoms with E-state index in [1.165, 1.54) is 12.1 Å². The molecule has 26 heavy (non-hydrogen) atoms. The van der Waals surface area contributed by atoms with Gasteiger partial charge in [-0.1, -0.05) is 0 Å². The first-order chi connectivity index (χ1) is 12.5. The first-order valence-electron chi connectivity index (χ1n) is 8.94. The third-order valence-electron chi connectivity index (χ3n) is 4.38. The predicted octanol–water partition coefficient (Wildman–Crippen LogP) is 3.68. The fourth-order valence-electron chi connectivity index (χ4n) is 3.06. The van der Waals surface area contributed by atoms with Crippen molar-refractivity contribution in [3.63, 3.8) is 0 Å². The molecule has 5 nitrogen and oxygen atoms in total. The summed E-state index contributed by atoms with van der Waals surface area (Å²) in [6.45, 7) is 7.43. The fourth-order valence-corrected chi connectivity index (χ4v) is 3.06. The molecular formula is C20H25FN4O. The van der Waals surface area contributed by atoms with E-state index < -0.39 is 0 Å². The van der Waals surface area contributed by atoms with Crippen molar-refractivity contribution in [2.24, 2.45) is 0 Å². The van der Waals surface area contributed by atoms with Gasteiger partial charge in [0.1, 0.15) is 5.82 Å². The van der Waals surface area contributed by atoms with E-state index in [-0.39, 0.29) is 17.9 Å². The molecule has 1 heterocycles. The number of carbonyl (C=O) groups is 1. The summed E-state index contributed by atoms with van der Waals surface area (Å²) in [7, 11) is 0. The van der Waals surface area contributed by atoms with Gasteiger partial charge >= 0.3 is 6.03 Å². The summed E-state index contributed by atoms with van der Waals surface area (Å²) >= 11 is 0. The van der Waals surface area contributed by atoms with Gasteiger partial charge in [0, 0.05) is 49.3 Å². The first kappa shape index (κ1) is 18.0. The first-order valence-corrected chi connectivity index (χ1v) is 8.94. The van der Waals surface area contributed by atoms with Crippen LogP contribution in [0.4, 0.5) is 26.2 Å². The Morgan fingerprint density at radius 1 is 0.885 bits per heavy atom. The molecule has 138 valence electrons. The van der Waals surface area contributed by atoms with E-state index in [2.05, 4.69) is 20.4 Å². The van der Waals surface area contributed by atoms with Crippen LogP contribution in [-0.4, -0.2) is 38.3 Å². The quantitative estimate of drug-likeness (QED) is 0.878. The van der Waals surface area contributed by atoms with Crippen LogP contribution in [0, 0.1) is 5.82 Å². The van der Waals surface area contributed by atoms with Crippen LogP contribution in [0.2, 0.25) is 0 Å². The summed E-state index contributed by atoms with van der Waals surface area (Å²) in [5, 5.41) is 5.63. The molecule has 1 aliphatic heterocycles. The molecule has 0 aliphatic carbocycles. The molecule has 2 amide bonds. The number of anilines is 3. The monoisotopic (exact) mass is 356 g/mol. The number of nitrogens with zero attached hydrogens (tertiary/aromatic N) is 2. The minimum absolute atomic E-state index is 0.103. The van der Waals surface area contributed by atoms with Crippen LogP contribution in [0.25, 0.3) is 0 Å². The zero-order chi connectivity index (χ0) is 18.5. The fraction of sp³-hybridized carbons (Fsp3) is 0.350. The van der Waals surface area contributed by atoms with Crippen molar-refractivity contribution in [1.82, 2.24) is 5.32 Å². The molecular weight excluding hydrogens is 331 g/mol. The summed E-state index contributed by atoms with van der Waals surface area (Å²) < 4.78 is 13.1. The lowest BCUT2D eigenvalue weighted by molar-refractivity contribution is 0.250. The highest BCUT2D eigenvalue weighted by Gasteiger charge is 2.17. The number of halogens is 1. The highest BCUT2D eigenvalue weighted by molar-refractivity contribution is 5.89. The van der Waals surface area contributed by atoms with Crippen molar-refractivity contribution >= 4 is 23.1 Å². The molecule has 0 radical (unpaired) electrons. The molecule has 2 N–H and O–H groups in total. The van der Waals surface area contributed by atoms with E-state index >= 15 is 0 Å². The summed E-state index contributed by atoms with van der Waals surface area (Å²) in [5.74, 6) is -0.205. The maximum Gasteiger partial charge on any atom is 0.319 e. The SMILES string of the molecule is CC(C)NC(=O)Nc1ccc(N2CCN(c3ccc(F)cc3)CC2)cc1. The molecule has 3 rings (SSSR count). The minimum atomic E-state index is -0.205. The second-order valence-corrected chi connectivity index (χ2v) is 6.75. The van der Waals surface area contributed by atoms with E-state index in [0.717, 1.165) is 43.2 Å². The van der Waals surface area contributed by atoms with Gasteiger partial charge in [0.25, 0.3) is 0 Å². The van der Waals surface area contributed by atoms with Crippen molar-refractivity contribution < 1.29 is 9.18 Å². The van der Waals surface area contributed by atoms with Gasteiger partial charge in [-0.25, -0.2) is 9.18 Å². The topological polar surface area (TPSA) is 47.6 Å². The molecule has 0 aromatic heterocycles. The molecule has 2 aromatic rings. The van der Waals surface area contributed by atoms with E-state index in [1.54, 1.807) is 0 Å². The van der Waals surface area contributed by atoms with Gasteiger partial charge in [-0.05, 0) is 62.4 Å². The number of hydrogen-bond acceptors (Lipinski definition) is 3. The highest BCUT2D eigenvalue weighted by atomic mass is 19.1. The molecule has 1 fully saturated rings. The van der Waals surface area contributed by atoms with Gasteiger partial charge in [0.2, 0.25) is 0 Å². The van der Waals surface area contributed by atoms with Crippen LogP contribution in [0.5, 0.6) is 0 Å². The Balaban J connectivity index is 1.54. The molecule has 0 atom stereocenters. The Hall–Kier alpha value is -2.76. The standard InChI is InChI=1S/C20H25FN4O/c1-15(2)22-20(26)23-17-5-9-19(10-6-17)25-13-11-24(12-14-25)18-7-3-16(21)4-8-18/h3-10,15H,11-14H2,1-2H3,(H2,22,23,26). The number of urea groups is 1. The van der Waals surface area contributed by atoms with Crippen molar-refractivity contribution in [2.45, 2.75) is 19.9 Å². The Morgan fingerprint density at radius 3 is 1.81 bits per heavy atom. The van der Waals surface area contributed by atoms with Crippen molar-refractivity contribution in [2.75, 3.05) is 41.3 Å². The molecule has 0 spiro atoms. The molecule has 0 unspecified atom stereocenters. The third-order valence-corrected chi connectivity index (χ3v) is 4.38. The number of piperazine rings is 1. The highest BCUT2D eigenvalue weighted by Crippen LogP contribution is 2.22. The van der Waals surface area contributed by atoms with Crippen molar-refractivity contribution in [3.8, 4) is 0 Å². The Labute approximate surface area is 153 Å². The van der Waals surface area contributed by atoms with Gasteiger partial charge in [0.05, 0.1) is 0 Å². The molecule has 0 saturated carbocycles. The average Bonchev–Trinajstić information content (AvgIpc) is 2.62. The van der Waals surface area contributed by atoms with E-state index in [1.807, 2.05) is 50.2 Å². The number of rotatable bonds is 4. The van der Waals surface area contributed by atoms with Crippen LogP contribution < -0.4 is 20.4 Å². The average molecular weight is 356 g/mol. The Kier molecular flexibility index (Phi) is 5.61. The molecule has 6 heteroatoms. The van der Waals surface area contributed by atoms with Gasteiger partial charge in [0.15, 0.2) is 0 Å². The molecule has 0 bridgehead atoms. The van der Waals surface area contributed by atoms with E-state index in [0.29, 0.717) is 0 Å². The smallest absolute Gasteiger partial charge is 0.319 e. The number of hydrogen-bond donors (Lipinski definition) is 2. The maximum atomic E-state index is 13.1. The number of nitrogens with one attached hydrogen (secondary N) is 2. The second-order valence-electron chi connectivity index (χ2n) is 6.75. The summed E-state index contributed by atoms with van der Waals surface area (Å²) in [4.78, 5) is 16.3. The second kappa shape index (κ2) is 8.08. The normalized spacial score (nSPS) is 14.5. The largest absolute Gasteiger partial charge is 0.368 e. The van der Waals surface area contributed by atoms with Crippen molar-refractivity contribution in [1.29, 1.82) is 0 Å². The van der Waals surface area contributed by atoms with Crippen molar-refractivity contribution in [3.05, 3.63) is 54.3 Å².